The Morgan fingerprint density at radius 3 is 2.52 bits per heavy atom. The minimum Gasteiger partial charge on any atom is -0.496 e. The number of anilines is 1. The van der Waals surface area contributed by atoms with E-state index in [9.17, 15) is 9.59 Å². The molecule has 1 aromatic heterocycles. The molecule has 1 amide bonds. The van der Waals surface area contributed by atoms with Gasteiger partial charge in [-0.2, -0.15) is 0 Å². The number of hydrogen-bond donors (Lipinski definition) is 3. The van der Waals surface area contributed by atoms with Crippen LogP contribution in [0.4, 0.5) is 5.95 Å². The van der Waals surface area contributed by atoms with Gasteiger partial charge >= 0.3 is 0 Å². The topological polar surface area (TPSA) is 109 Å². The second-order valence-electron chi connectivity index (χ2n) is 5.88. The number of aromatic amines is 1. The van der Waals surface area contributed by atoms with Crippen LogP contribution in [0.15, 0.2) is 29.1 Å². The summed E-state index contributed by atoms with van der Waals surface area (Å²) in [4.78, 5) is 26.6. The van der Waals surface area contributed by atoms with Crippen molar-refractivity contribution in [3.63, 3.8) is 0 Å². The Hall–Kier alpha value is -2.90. The Bertz CT molecular complexity index is 764. The van der Waals surface area contributed by atoms with E-state index in [1.807, 2.05) is 20.8 Å². The van der Waals surface area contributed by atoms with Crippen molar-refractivity contribution in [2.45, 2.75) is 26.2 Å². The SMILES string of the molecule is COc1ccccc1C(=O)NNc1nnc(C(C)(C)C)c(=O)[nH]1. The summed E-state index contributed by atoms with van der Waals surface area (Å²) in [5.41, 5.74) is 4.86. The molecule has 8 heteroatoms. The Kier molecular flexibility index (Phi) is 4.63. The van der Waals surface area contributed by atoms with Crippen LogP contribution in [0, 0.1) is 0 Å². The molecular formula is C15H19N5O3. The number of aromatic nitrogens is 3. The molecule has 1 aromatic carbocycles. The first-order valence-corrected chi connectivity index (χ1v) is 7.00. The van der Waals surface area contributed by atoms with Crippen LogP contribution in [-0.4, -0.2) is 28.2 Å². The highest BCUT2D eigenvalue weighted by molar-refractivity contribution is 5.97. The van der Waals surface area contributed by atoms with E-state index in [0.29, 0.717) is 17.0 Å². The average molecular weight is 317 g/mol. The fourth-order valence-electron chi connectivity index (χ4n) is 1.90. The molecule has 8 nitrogen and oxygen atoms in total. The smallest absolute Gasteiger partial charge is 0.274 e. The van der Waals surface area contributed by atoms with E-state index in [-0.39, 0.29) is 11.5 Å². The first-order chi connectivity index (χ1) is 10.8. The van der Waals surface area contributed by atoms with E-state index in [0.717, 1.165) is 0 Å². The molecule has 0 fully saturated rings. The number of H-pyrrole nitrogens is 1. The van der Waals surface area contributed by atoms with Gasteiger partial charge in [0, 0.05) is 5.41 Å². The molecule has 2 aromatic rings. The summed E-state index contributed by atoms with van der Waals surface area (Å²) in [5, 5.41) is 7.75. The highest BCUT2D eigenvalue weighted by atomic mass is 16.5. The molecule has 2 rings (SSSR count). The number of nitrogens with one attached hydrogen (secondary N) is 3. The van der Waals surface area contributed by atoms with Gasteiger partial charge in [-0.05, 0) is 12.1 Å². The van der Waals surface area contributed by atoms with Crippen molar-refractivity contribution in [1.82, 2.24) is 20.6 Å². The zero-order valence-electron chi connectivity index (χ0n) is 13.4. The van der Waals surface area contributed by atoms with Gasteiger partial charge < -0.3 is 4.74 Å². The summed E-state index contributed by atoms with van der Waals surface area (Å²) >= 11 is 0. The molecule has 23 heavy (non-hydrogen) atoms. The van der Waals surface area contributed by atoms with Gasteiger partial charge in [0.15, 0.2) is 0 Å². The molecule has 0 saturated heterocycles. The fraction of sp³-hybridized carbons (Fsp3) is 0.333. The number of methoxy groups -OCH3 is 1. The molecule has 0 aliphatic rings. The zero-order valence-corrected chi connectivity index (χ0v) is 13.4. The number of carbonyl (C=O) groups excluding carboxylic acids is 1. The molecule has 1 heterocycles. The minimum atomic E-state index is -0.426. The largest absolute Gasteiger partial charge is 0.496 e. The van der Waals surface area contributed by atoms with Crippen LogP contribution in [-0.2, 0) is 5.41 Å². The van der Waals surface area contributed by atoms with E-state index in [1.165, 1.54) is 7.11 Å². The van der Waals surface area contributed by atoms with Crippen molar-refractivity contribution in [2.24, 2.45) is 0 Å². The predicted octanol–water partition coefficient (Wildman–Crippen LogP) is 1.23. The summed E-state index contributed by atoms with van der Waals surface area (Å²) in [6, 6.07) is 6.77. The zero-order chi connectivity index (χ0) is 17.0. The molecule has 0 aliphatic heterocycles. The van der Waals surface area contributed by atoms with Crippen LogP contribution < -0.4 is 21.1 Å². The standard InChI is InChI=1S/C15H19N5O3/c1-15(2,3)11-13(22)16-14(19-17-11)20-18-12(21)9-7-5-6-8-10(9)23-4/h5-8H,1-4H3,(H,18,21)(H2,16,19,20,22). The number of amides is 1. The Balaban J connectivity index is 2.11. The van der Waals surface area contributed by atoms with E-state index in [4.69, 9.17) is 4.74 Å². The second kappa shape index (κ2) is 6.47. The number of hydrogen-bond acceptors (Lipinski definition) is 6. The van der Waals surface area contributed by atoms with Crippen LogP contribution in [0.3, 0.4) is 0 Å². The van der Waals surface area contributed by atoms with Crippen LogP contribution in [0.5, 0.6) is 5.75 Å². The summed E-state index contributed by atoms with van der Waals surface area (Å²) in [6.45, 7) is 5.59. The fourth-order valence-corrected chi connectivity index (χ4v) is 1.90. The van der Waals surface area contributed by atoms with Crippen molar-refractivity contribution in [2.75, 3.05) is 12.5 Å². The maximum absolute atomic E-state index is 12.1. The third-order valence-corrected chi connectivity index (χ3v) is 3.05. The van der Waals surface area contributed by atoms with Crippen molar-refractivity contribution >= 4 is 11.9 Å². The summed E-state index contributed by atoms with van der Waals surface area (Å²) in [7, 11) is 1.48. The Morgan fingerprint density at radius 2 is 1.91 bits per heavy atom. The van der Waals surface area contributed by atoms with E-state index >= 15 is 0 Å². The number of rotatable bonds is 4. The number of benzene rings is 1. The van der Waals surface area contributed by atoms with Gasteiger partial charge in [0.25, 0.3) is 11.5 Å². The quantitative estimate of drug-likeness (QED) is 0.732. The molecular weight excluding hydrogens is 298 g/mol. The highest BCUT2D eigenvalue weighted by Crippen LogP contribution is 2.17. The van der Waals surface area contributed by atoms with Crippen molar-refractivity contribution in [3.8, 4) is 5.75 Å². The maximum Gasteiger partial charge on any atom is 0.274 e. The maximum atomic E-state index is 12.1. The number of carbonyl (C=O) groups is 1. The van der Waals surface area contributed by atoms with Crippen molar-refractivity contribution in [3.05, 3.63) is 45.9 Å². The van der Waals surface area contributed by atoms with Crippen molar-refractivity contribution in [1.29, 1.82) is 0 Å². The summed E-state index contributed by atoms with van der Waals surface area (Å²) in [6.07, 6.45) is 0. The van der Waals surface area contributed by atoms with Crippen LogP contribution in [0.2, 0.25) is 0 Å². The highest BCUT2D eigenvalue weighted by Gasteiger charge is 2.20. The lowest BCUT2D eigenvalue weighted by Gasteiger charge is -2.15. The molecule has 0 radical (unpaired) electrons. The molecule has 0 unspecified atom stereocenters. The van der Waals surface area contributed by atoms with Crippen LogP contribution >= 0.6 is 0 Å². The van der Waals surface area contributed by atoms with Gasteiger partial charge in [-0.15, -0.1) is 10.2 Å². The molecule has 0 spiro atoms. The second-order valence-corrected chi connectivity index (χ2v) is 5.88. The van der Waals surface area contributed by atoms with Gasteiger partial charge in [0.05, 0.1) is 12.7 Å². The molecule has 0 aliphatic carbocycles. The monoisotopic (exact) mass is 317 g/mol. The molecule has 0 atom stereocenters. The minimum absolute atomic E-state index is 0.0475. The number of ether oxygens (including phenoxy) is 1. The van der Waals surface area contributed by atoms with Crippen molar-refractivity contribution < 1.29 is 9.53 Å². The van der Waals surface area contributed by atoms with Gasteiger partial charge in [0.2, 0.25) is 5.95 Å². The number of nitrogens with zero attached hydrogens (tertiary/aromatic N) is 2. The first kappa shape index (κ1) is 16.5. The van der Waals surface area contributed by atoms with Crippen LogP contribution in [0.1, 0.15) is 36.8 Å². The molecule has 0 saturated carbocycles. The van der Waals surface area contributed by atoms with Crippen LogP contribution in [0.25, 0.3) is 0 Å². The average Bonchev–Trinajstić information content (AvgIpc) is 2.51. The third-order valence-electron chi connectivity index (χ3n) is 3.05. The Morgan fingerprint density at radius 1 is 1.22 bits per heavy atom. The van der Waals surface area contributed by atoms with E-state index < -0.39 is 11.3 Å². The van der Waals surface area contributed by atoms with Gasteiger partial charge in [-0.3, -0.25) is 25.4 Å². The lowest BCUT2D eigenvalue weighted by molar-refractivity contribution is 0.0959. The van der Waals surface area contributed by atoms with E-state index in [1.54, 1.807) is 24.3 Å². The lowest BCUT2D eigenvalue weighted by Crippen LogP contribution is -2.34. The van der Waals surface area contributed by atoms with Gasteiger partial charge in [-0.1, -0.05) is 32.9 Å². The van der Waals surface area contributed by atoms with E-state index in [2.05, 4.69) is 26.0 Å². The molecule has 0 bridgehead atoms. The lowest BCUT2D eigenvalue weighted by atomic mass is 9.93. The summed E-state index contributed by atoms with van der Waals surface area (Å²) in [5.74, 6) is 0.0608. The Labute approximate surface area is 133 Å². The van der Waals surface area contributed by atoms with Gasteiger partial charge in [0.1, 0.15) is 11.4 Å². The number of para-hydroxylation sites is 1. The third kappa shape index (κ3) is 3.85. The predicted molar refractivity (Wildman–Crippen MR) is 85.4 cm³/mol. The number of hydrazine groups is 1. The summed E-state index contributed by atoms with van der Waals surface area (Å²) < 4.78 is 5.12. The van der Waals surface area contributed by atoms with Gasteiger partial charge in [-0.25, -0.2) is 0 Å². The normalized spacial score (nSPS) is 11.0. The molecule has 3 N–H and O–H groups in total. The first-order valence-electron chi connectivity index (χ1n) is 7.00. The molecule has 122 valence electrons.